The van der Waals surface area contributed by atoms with Crippen molar-refractivity contribution in [2.24, 2.45) is 11.8 Å². The molecule has 136 valence electrons. The first-order valence-corrected chi connectivity index (χ1v) is 8.96. The van der Waals surface area contributed by atoms with E-state index in [0.29, 0.717) is 19.3 Å². The average Bonchev–Trinajstić information content (AvgIpc) is 2.82. The van der Waals surface area contributed by atoms with Gasteiger partial charge in [-0.15, -0.1) is 0 Å². The Morgan fingerprint density at radius 2 is 2.04 bits per heavy atom. The third-order valence-corrected chi connectivity index (χ3v) is 4.52. The molecule has 2 N–H and O–H groups in total. The highest BCUT2D eigenvalue weighted by molar-refractivity contribution is 5.84. The van der Waals surface area contributed by atoms with Gasteiger partial charge >= 0.3 is 5.97 Å². The second-order valence-corrected chi connectivity index (χ2v) is 6.49. The number of carbonyl (C=O) groups excluding carboxylic acids is 2. The number of rotatable bonds is 9. The topological polar surface area (TPSA) is 83.8 Å². The lowest BCUT2D eigenvalue weighted by Crippen LogP contribution is -2.19. The maximum atomic E-state index is 12.1. The Balaban J connectivity index is 2.40. The molecule has 4 atom stereocenters. The van der Waals surface area contributed by atoms with Crippen LogP contribution in [0.25, 0.3) is 0 Å². The van der Waals surface area contributed by atoms with E-state index in [9.17, 15) is 19.8 Å². The fourth-order valence-corrected chi connectivity index (χ4v) is 3.12. The van der Waals surface area contributed by atoms with Gasteiger partial charge in [0.1, 0.15) is 11.9 Å². The summed E-state index contributed by atoms with van der Waals surface area (Å²) in [6.07, 6.45) is 4.88. The summed E-state index contributed by atoms with van der Waals surface area (Å²) in [5.41, 5.74) is 0. The smallest absolute Gasteiger partial charge is 0.305 e. The van der Waals surface area contributed by atoms with Gasteiger partial charge in [0.05, 0.1) is 19.1 Å². The van der Waals surface area contributed by atoms with Gasteiger partial charge in [0.2, 0.25) is 0 Å². The van der Waals surface area contributed by atoms with Crippen LogP contribution in [0.4, 0.5) is 0 Å². The molecule has 1 fully saturated rings. The second-order valence-electron chi connectivity index (χ2n) is 6.49. The van der Waals surface area contributed by atoms with E-state index in [0.717, 1.165) is 32.1 Å². The number of unbranched alkanes of at least 4 members (excludes halogenated alkanes) is 3. The van der Waals surface area contributed by atoms with Gasteiger partial charge in [-0.2, -0.15) is 0 Å². The molecule has 0 amide bonds. The second kappa shape index (κ2) is 11.2. The van der Waals surface area contributed by atoms with E-state index in [1.165, 1.54) is 7.11 Å². The van der Waals surface area contributed by atoms with Gasteiger partial charge in [-0.25, -0.2) is 0 Å². The minimum absolute atomic E-state index is 0.0707. The van der Waals surface area contributed by atoms with Crippen LogP contribution in [-0.4, -0.2) is 41.3 Å². The van der Waals surface area contributed by atoms with Crippen molar-refractivity contribution in [3.8, 4) is 11.8 Å². The van der Waals surface area contributed by atoms with Gasteiger partial charge in [0.25, 0.3) is 0 Å². The van der Waals surface area contributed by atoms with Crippen molar-refractivity contribution in [3.63, 3.8) is 0 Å². The van der Waals surface area contributed by atoms with Crippen LogP contribution in [0.2, 0.25) is 0 Å². The molecule has 24 heavy (non-hydrogen) atoms. The zero-order valence-electron chi connectivity index (χ0n) is 14.8. The first-order chi connectivity index (χ1) is 11.5. The highest BCUT2D eigenvalue weighted by Crippen LogP contribution is 2.32. The number of hydrogen-bond donors (Lipinski definition) is 2. The van der Waals surface area contributed by atoms with Gasteiger partial charge < -0.3 is 14.9 Å². The van der Waals surface area contributed by atoms with E-state index >= 15 is 0 Å². The molecule has 5 heteroatoms. The fourth-order valence-electron chi connectivity index (χ4n) is 3.12. The number of ether oxygens (including phenoxy) is 1. The summed E-state index contributed by atoms with van der Waals surface area (Å²) in [7, 11) is 1.39. The minimum atomic E-state index is -0.719. The molecule has 1 rings (SSSR count). The van der Waals surface area contributed by atoms with Gasteiger partial charge in [-0.05, 0) is 19.3 Å². The molecule has 0 aliphatic heterocycles. The van der Waals surface area contributed by atoms with Crippen LogP contribution in [-0.2, 0) is 14.3 Å². The molecular formula is C19H30O5. The lowest BCUT2D eigenvalue weighted by atomic mass is 9.89. The standard InChI is InChI=1S/C19H30O5/c1-3-8-14(20)11-12-16-15(17(21)13-18(16)22)9-6-4-5-7-10-19(23)24-2/h14-16,18,20,22H,3-10,13H2,1-2H3. The third kappa shape index (κ3) is 7.02. The number of hydrogen-bond acceptors (Lipinski definition) is 5. The van der Waals surface area contributed by atoms with Crippen LogP contribution < -0.4 is 0 Å². The number of carbonyl (C=O) groups is 2. The molecule has 0 radical (unpaired) electrons. The minimum Gasteiger partial charge on any atom is -0.469 e. The number of methoxy groups -OCH3 is 1. The molecule has 0 aromatic carbocycles. The lowest BCUT2D eigenvalue weighted by molar-refractivity contribution is -0.140. The predicted octanol–water partition coefficient (Wildman–Crippen LogP) is 2.23. The maximum absolute atomic E-state index is 12.1. The summed E-state index contributed by atoms with van der Waals surface area (Å²) < 4.78 is 4.59. The molecule has 1 saturated carbocycles. The molecule has 5 nitrogen and oxygen atoms in total. The van der Waals surface area contributed by atoms with Gasteiger partial charge in [0, 0.05) is 18.8 Å². The summed E-state index contributed by atoms with van der Waals surface area (Å²) in [5.74, 6) is 5.00. The Morgan fingerprint density at radius 3 is 2.71 bits per heavy atom. The molecule has 1 aliphatic rings. The summed E-state index contributed by atoms with van der Waals surface area (Å²) >= 11 is 0. The largest absolute Gasteiger partial charge is 0.469 e. The van der Waals surface area contributed by atoms with E-state index < -0.39 is 12.2 Å². The third-order valence-electron chi connectivity index (χ3n) is 4.52. The average molecular weight is 338 g/mol. The van der Waals surface area contributed by atoms with Crippen molar-refractivity contribution in [2.75, 3.05) is 7.11 Å². The quantitative estimate of drug-likeness (QED) is 0.383. The Morgan fingerprint density at radius 1 is 1.33 bits per heavy atom. The summed E-state index contributed by atoms with van der Waals surface area (Å²) in [5, 5.41) is 19.8. The zero-order chi connectivity index (χ0) is 17.9. The van der Waals surface area contributed by atoms with Crippen molar-refractivity contribution in [1.82, 2.24) is 0 Å². The predicted molar refractivity (Wildman–Crippen MR) is 91.0 cm³/mol. The van der Waals surface area contributed by atoms with Crippen LogP contribution in [0, 0.1) is 23.7 Å². The van der Waals surface area contributed by atoms with Crippen LogP contribution in [0.5, 0.6) is 0 Å². The van der Waals surface area contributed by atoms with E-state index in [2.05, 4.69) is 16.6 Å². The van der Waals surface area contributed by atoms with Crippen molar-refractivity contribution in [2.45, 2.75) is 76.9 Å². The van der Waals surface area contributed by atoms with Gasteiger partial charge in [0.15, 0.2) is 0 Å². The number of ketones is 1. The number of Topliss-reactive ketones (excluding diaryl/α,β-unsaturated/α-hetero) is 1. The Kier molecular flexibility index (Phi) is 9.66. The molecule has 4 unspecified atom stereocenters. The maximum Gasteiger partial charge on any atom is 0.305 e. The van der Waals surface area contributed by atoms with E-state index in [1.807, 2.05) is 6.92 Å². The van der Waals surface area contributed by atoms with Gasteiger partial charge in [-0.3, -0.25) is 9.59 Å². The fraction of sp³-hybridized carbons (Fsp3) is 0.789. The van der Waals surface area contributed by atoms with Crippen molar-refractivity contribution < 1.29 is 24.5 Å². The highest BCUT2D eigenvalue weighted by atomic mass is 16.5. The summed E-state index contributed by atoms with van der Waals surface area (Å²) in [6.45, 7) is 1.97. The number of esters is 1. The Labute approximate surface area is 144 Å². The normalized spacial score (nSPS) is 24.3. The molecular weight excluding hydrogens is 308 g/mol. The van der Waals surface area contributed by atoms with Crippen molar-refractivity contribution in [1.29, 1.82) is 0 Å². The molecule has 0 heterocycles. The molecule has 0 aromatic heterocycles. The number of aliphatic hydroxyl groups is 2. The Hall–Kier alpha value is -1.38. The van der Waals surface area contributed by atoms with Crippen molar-refractivity contribution >= 4 is 11.8 Å². The van der Waals surface area contributed by atoms with Gasteiger partial charge in [-0.1, -0.05) is 44.4 Å². The molecule has 0 spiro atoms. The highest BCUT2D eigenvalue weighted by Gasteiger charge is 2.40. The molecule has 1 aliphatic carbocycles. The SMILES string of the molecule is CCCC(O)C#CC1C(O)CC(=O)C1CCCCCCC(=O)OC. The number of aliphatic hydroxyl groups excluding tert-OH is 2. The summed E-state index contributed by atoms with van der Waals surface area (Å²) in [6, 6.07) is 0. The monoisotopic (exact) mass is 338 g/mol. The van der Waals surface area contributed by atoms with E-state index in [-0.39, 0.29) is 30.0 Å². The molecule has 0 saturated heterocycles. The summed E-state index contributed by atoms with van der Waals surface area (Å²) in [4.78, 5) is 23.1. The zero-order valence-corrected chi connectivity index (χ0v) is 14.8. The first kappa shape index (κ1) is 20.7. The van der Waals surface area contributed by atoms with E-state index in [1.54, 1.807) is 0 Å². The van der Waals surface area contributed by atoms with Crippen LogP contribution in [0.1, 0.15) is 64.7 Å². The van der Waals surface area contributed by atoms with Crippen molar-refractivity contribution in [3.05, 3.63) is 0 Å². The molecule has 0 bridgehead atoms. The van der Waals surface area contributed by atoms with Crippen LogP contribution in [0.15, 0.2) is 0 Å². The first-order valence-electron chi connectivity index (χ1n) is 8.96. The lowest BCUT2D eigenvalue weighted by Gasteiger charge is -2.15. The van der Waals surface area contributed by atoms with Crippen LogP contribution in [0.3, 0.4) is 0 Å². The van der Waals surface area contributed by atoms with Crippen LogP contribution >= 0.6 is 0 Å². The molecule has 0 aromatic rings. The Bertz CT molecular complexity index is 462. The van der Waals surface area contributed by atoms with E-state index in [4.69, 9.17) is 0 Å².